The Balaban J connectivity index is 1.38. The molecule has 1 N–H and O–H groups in total. The second-order valence-corrected chi connectivity index (χ2v) is 9.11. The molecule has 1 saturated heterocycles. The summed E-state index contributed by atoms with van der Waals surface area (Å²) in [6, 6.07) is 13.8. The summed E-state index contributed by atoms with van der Waals surface area (Å²) in [4.78, 5) is 20.2. The second kappa shape index (κ2) is 8.32. The van der Waals surface area contributed by atoms with Crippen LogP contribution in [-0.4, -0.2) is 44.5 Å². The maximum Gasteiger partial charge on any atom is 0.263 e. The highest BCUT2D eigenvalue weighted by Crippen LogP contribution is 2.30. The van der Waals surface area contributed by atoms with Gasteiger partial charge in [0.15, 0.2) is 5.65 Å². The molecule has 0 aliphatic carbocycles. The lowest BCUT2D eigenvalue weighted by Crippen LogP contribution is -2.42. The van der Waals surface area contributed by atoms with Gasteiger partial charge in [0.1, 0.15) is 5.82 Å². The first-order valence-electron chi connectivity index (χ1n) is 10.3. The highest BCUT2D eigenvalue weighted by molar-refractivity contribution is 7.12. The molecule has 1 aliphatic heterocycles. The zero-order valence-electron chi connectivity index (χ0n) is 17.1. The van der Waals surface area contributed by atoms with E-state index in [2.05, 4.69) is 10.4 Å². The summed E-state index contributed by atoms with van der Waals surface area (Å²) in [6.45, 7) is 3.47. The maximum absolute atomic E-state index is 12.6. The molecule has 31 heavy (non-hydrogen) atoms. The van der Waals surface area contributed by atoms with Gasteiger partial charge in [0.05, 0.1) is 16.8 Å². The molecule has 1 amide bonds. The van der Waals surface area contributed by atoms with Gasteiger partial charge in [-0.3, -0.25) is 4.79 Å². The molecule has 1 aliphatic rings. The molecule has 0 bridgehead atoms. The third-order valence-electron chi connectivity index (χ3n) is 5.66. The van der Waals surface area contributed by atoms with Gasteiger partial charge in [-0.2, -0.15) is 9.61 Å². The van der Waals surface area contributed by atoms with Gasteiger partial charge in [-0.1, -0.05) is 35.9 Å². The Bertz CT molecular complexity index is 1230. The van der Waals surface area contributed by atoms with Crippen LogP contribution in [0, 0.1) is 6.92 Å². The first-order valence-corrected chi connectivity index (χ1v) is 11.6. The molecule has 3 aromatic heterocycles. The number of halogens is 1. The lowest BCUT2D eigenvalue weighted by molar-refractivity contribution is 0.0723. The van der Waals surface area contributed by atoms with Crippen LogP contribution in [0.25, 0.3) is 16.9 Å². The van der Waals surface area contributed by atoms with Gasteiger partial charge in [0.25, 0.3) is 5.91 Å². The van der Waals surface area contributed by atoms with E-state index in [1.54, 1.807) is 0 Å². The first kappa shape index (κ1) is 20.0. The minimum atomic E-state index is 0.128. The molecule has 0 unspecified atom stereocenters. The van der Waals surface area contributed by atoms with Crippen LogP contribution in [0.2, 0.25) is 5.02 Å². The summed E-state index contributed by atoms with van der Waals surface area (Å²) in [5.41, 5.74) is 3.53. The number of aromatic nitrogens is 3. The van der Waals surface area contributed by atoms with E-state index in [9.17, 15) is 4.79 Å². The molecule has 0 spiro atoms. The molecular weight excluding hydrogens is 430 g/mol. The van der Waals surface area contributed by atoms with Gasteiger partial charge in [0.2, 0.25) is 0 Å². The number of thiophene rings is 1. The minimum absolute atomic E-state index is 0.128. The average molecular weight is 452 g/mol. The predicted octanol–water partition coefficient (Wildman–Crippen LogP) is 5.14. The van der Waals surface area contributed by atoms with Gasteiger partial charge in [-0.15, -0.1) is 11.3 Å². The lowest BCUT2D eigenvalue weighted by Gasteiger charge is -2.32. The van der Waals surface area contributed by atoms with Crippen molar-refractivity contribution in [2.45, 2.75) is 25.8 Å². The monoisotopic (exact) mass is 451 g/mol. The zero-order valence-corrected chi connectivity index (χ0v) is 18.7. The highest BCUT2D eigenvalue weighted by atomic mass is 35.5. The highest BCUT2D eigenvalue weighted by Gasteiger charge is 2.25. The van der Waals surface area contributed by atoms with Crippen LogP contribution in [0.15, 0.2) is 54.0 Å². The number of amides is 1. The van der Waals surface area contributed by atoms with Crippen molar-refractivity contribution in [3.63, 3.8) is 0 Å². The number of benzene rings is 1. The van der Waals surface area contributed by atoms with Gasteiger partial charge in [-0.05, 0) is 37.3 Å². The van der Waals surface area contributed by atoms with Crippen molar-refractivity contribution >= 4 is 40.3 Å². The number of rotatable bonds is 4. The number of nitrogens with one attached hydrogen (secondary N) is 1. The van der Waals surface area contributed by atoms with Gasteiger partial charge in [0, 0.05) is 41.3 Å². The quantitative estimate of drug-likeness (QED) is 0.467. The van der Waals surface area contributed by atoms with Gasteiger partial charge < -0.3 is 10.2 Å². The molecule has 5 rings (SSSR count). The number of piperidine rings is 1. The number of fused-ring (bicyclic) bond motifs is 1. The van der Waals surface area contributed by atoms with Crippen molar-refractivity contribution < 1.29 is 4.79 Å². The van der Waals surface area contributed by atoms with E-state index in [1.807, 2.05) is 70.4 Å². The van der Waals surface area contributed by atoms with E-state index < -0.39 is 0 Å². The Morgan fingerprint density at radius 3 is 2.74 bits per heavy atom. The molecule has 0 saturated carbocycles. The van der Waals surface area contributed by atoms with E-state index in [-0.39, 0.29) is 11.9 Å². The normalized spacial score (nSPS) is 14.8. The third-order valence-corrected chi connectivity index (χ3v) is 6.85. The smallest absolute Gasteiger partial charge is 0.263 e. The Kier molecular flexibility index (Phi) is 5.38. The largest absolute Gasteiger partial charge is 0.367 e. The summed E-state index contributed by atoms with van der Waals surface area (Å²) >= 11 is 7.93. The number of carbonyl (C=O) groups is 1. The summed E-state index contributed by atoms with van der Waals surface area (Å²) in [7, 11) is 0. The number of likely N-dealkylation sites (tertiary alicyclic amines) is 1. The van der Waals surface area contributed by atoms with E-state index >= 15 is 0 Å². The van der Waals surface area contributed by atoms with Crippen molar-refractivity contribution in [2.24, 2.45) is 0 Å². The van der Waals surface area contributed by atoms with Crippen molar-refractivity contribution in [3.8, 4) is 11.3 Å². The maximum atomic E-state index is 12.6. The fraction of sp³-hybridized carbons (Fsp3) is 0.261. The standard InChI is InChI=1S/C23H22ClN5OS/c1-15-14-25-29-21(13-19(27-22(15)29)17-5-2-3-6-18(17)24)26-16-8-10-28(11-9-16)23(30)20-7-4-12-31-20/h2-7,12-14,16,26H,8-11H2,1H3. The molecule has 4 heterocycles. The van der Waals surface area contributed by atoms with Crippen LogP contribution in [0.3, 0.4) is 0 Å². The molecule has 6 nitrogen and oxygen atoms in total. The van der Waals surface area contributed by atoms with Crippen LogP contribution in [0.4, 0.5) is 5.82 Å². The fourth-order valence-corrected chi connectivity index (χ4v) is 4.90. The first-order chi connectivity index (χ1) is 15.1. The Morgan fingerprint density at radius 2 is 2.00 bits per heavy atom. The van der Waals surface area contributed by atoms with E-state index in [0.29, 0.717) is 5.02 Å². The van der Waals surface area contributed by atoms with Crippen LogP contribution in [0.5, 0.6) is 0 Å². The van der Waals surface area contributed by atoms with Gasteiger partial charge >= 0.3 is 0 Å². The Labute approximate surface area is 189 Å². The number of carbonyl (C=O) groups excluding carboxylic acids is 1. The van der Waals surface area contributed by atoms with Crippen molar-refractivity contribution in [3.05, 3.63) is 69.5 Å². The summed E-state index contributed by atoms with van der Waals surface area (Å²) in [5.74, 6) is 1.01. The Hall–Kier alpha value is -2.90. The molecular formula is C23H22ClN5OS. The number of aryl methyl sites for hydroxylation is 1. The second-order valence-electron chi connectivity index (χ2n) is 7.76. The predicted molar refractivity (Wildman–Crippen MR) is 125 cm³/mol. The van der Waals surface area contributed by atoms with E-state index in [4.69, 9.17) is 16.6 Å². The zero-order chi connectivity index (χ0) is 21.4. The third kappa shape index (κ3) is 3.91. The summed E-state index contributed by atoms with van der Waals surface area (Å²) in [5, 5.41) is 10.8. The van der Waals surface area contributed by atoms with Crippen LogP contribution in [-0.2, 0) is 0 Å². The lowest BCUT2D eigenvalue weighted by atomic mass is 10.0. The molecule has 4 aromatic rings. The van der Waals surface area contributed by atoms with Crippen LogP contribution < -0.4 is 5.32 Å². The fourth-order valence-electron chi connectivity index (χ4n) is 3.97. The van der Waals surface area contributed by atoms with Crippen molar-refractivity contribution in [1.82, 2.24) is 19.5 Å². The molecule has 158 valence electrons. The van der Waals surface area contributed by atoms with Crippen molar-refractivity contribution in [1.29, 1.82) is 0 Å². The summed E-state index contributed by atoms with van der Waals surface area (Å²) in [6.07, 6.45) is 3.58. The van der Waals surface area contributed by atoms with Crippen molar-refractivity contribution in [2.75, 3.05) is 18.4 Å². The van der Waals surface area contributed by atoms with Crippen LogP contribution >= 0.6 is 22.9 Å². The minimum Gasteiger partial charge on any atom is -0.367 e. The average Bonchev–Trinajstić information content (AvgIpc) is 3.45. The number of hydrogen-bond donors (Lipinski definition) is 1. The Morgan fingerprint density at radius 1 is 1.19 bits per heavy atom. The summed E-state index contributed by atoms with van der Waals surface area (Å²) < 4.78 is 1.85. The van der Waals surface area contributed by atoms with E-state index in [1.165, 1.54) is 11.3 Å². The molecule has 1 aromatic carbocycles. The molecule has 0 radical (unpaired) electrons. The van der Waals surface area contributed by atoms with Gasteiger partial charge in [-0.25, -0.2) is 4.98 Å². The SMILES string of the molecule is Cc1cnn2c(NC3CCN(C(=O)c4cccs4)CC3)cc(-c3ccccc3Cl)nc12. The molecule has 1 fully saturated rings. The van der Waals surface area contributed by atoms with Crippen LogP contribution in [0.1, 0.15) is 28.1 Å². The number of nitrogens with zero attached hydrogens (tertiary/aromatic N) is 4. The van der Waals surface area contributed by atoms with E-state index in [0.717, 1.165) is 59.1 Å². The molecule has 0 atom stereocenters. The molecule has 8 heteroatoms. The number of anilines is 1. The topological polar surface area (TPSA) is 62.5 Å². The number of hydrogen-bond acceptors (Lipinski definition) is 5.